The van der Waals surface area contributed by atoms with Gasteiger partial charge < -0.3 is 39.0 Å². The van der Waals surface area contributed by atoms with E-state index in [1.165, 1.54) is 37.6 Å². The van der Waals surface area contributed by atoms with Gasteiger partial charge in [-0.1, -0.05) is 28.8 Å². The van der Waals surface area contributed by atoms with E-state index in [2.05, 4.69) is 89.5 Å². The molecule has 0 aliphatic carbocycles. The van der Waals surface area contributed by atoms with E-state index in [4.69, 9.17) is 8.85 Å². The molecule has 1 aliphatic heterocycles. The second-order valence-electron chi connectivity index (χ2n) is 10.0. The summed E-state index contributed by atoms with van der Waals surface area (Å²) in [5.74, 6) is 1.04. The quantitative estimate of drug-likeness (QED) is 0.347. The fraction of sp³-hybridized carbons (Fsp3) is 0.435. The number of benzene rings is 2. The first-order chi connectivity index (χ1) is 13.0. The maximum atomic E-state index is 6.79. The van der Waals surface area contributed by atoms with Gasteiger partial charge in [0.15, 0.2) is 0 Å². The Kier molecular flexibility index (Phi) is 8.73. The van der Waals surface area contributed by atoms with Gasteiger partial charge in [-0.15, -0.1) is 28.3 Å². The molecular weight excluding hydrogens is 497 g/mol. The van der Waals surface area contributed by atoms with Crippen molar-refractivity contribution in [2.45, 2.75) is 59.4 Å². The van der Waals surface area contributed by atoms with Gasteiger partial charge in [-0.2, -0.15) is 0 Å². The van der Waals surface area contributed by atoms with E-state index in [0.29, 0.717) is 0 Å². The van der Waals surface area contributed by atoms with Crippen LogP contribution in [0.25, 0.3) is 21.5 Å². The Morgan fingerprint density at radius 1 is 1.06 bits per heavy atom. The number of anilines is 1. The van der Waals surface area contributed by atoms with Crippen LogP contribution in [-0.2, 0) is 26.1 Å². The van der Waals surface area contributed by atoms with Crippen molar-refractivity contribution in [3.8, 4) is 5.75 Å². The Morgan fingerprint density at radius 2 is 1.68 bits per heavy atom. The van der Waals surface area contributed by atoms with Crippen LogP contribution in [0.5, 0.6) is 5.75 Å². The predicted octanol–water partition coefficient (Wildman–Crippen LogP) is -0.819. The summed E-state index contributed by atoms with van der Waals surface area (Å²) in [5.41, 5.74) is 1.13. The summed E-state index contributed by atoms with van der Waals surface area (Å²) < 4.78 is 13.2. The maximum absolute atomic E-state index is 6.79. The minimum atomic E-state index is -2.05. The van der Waals surface area contributed by atoms with Crippen LogP contribution in [-0.4, -0.2) is 28.8 Å². The molecule has 0 fully saturated rings. The molecule has 1 unspecified atom stereocenters. The van der Waals surface area contributed by atoms with E-state index in [-0.39, 0.29) is 52.1 Å². The summed E-state index contributed by atoms with van der Waals surface area (Å²) in [6, 6.07) is 11.0. The van der Waals surface area contributed by atoms with Gasteiger partial charge in [0.05, 0.1) is 11.4 Å². The van der Waals surface area contributed by atoms with E-state index >= 15 is 0 Å². The van der Waals surface area contributed by atoms with Crippen molar-refractivity contribution >= 4 is 54.2 Å². The van der Waals surface area contributed by atoms with Gasteiger partial charge in [0, 0.05) is 12.1 Å². The summed E-state index contributed by atoms with van der Waals surface area (Å²) in [6.07, 6.45) is 0. The summed E-state index contributed by atoms with van der Waals surface area (Å²) in [4.78, 5) is 0. The molecule has 167 valence electrons. The zero-order chi connectivity index (χ0) is 20.5. The molecule has 4 rings (SSSR count). The zero-order valence-corrected chi connectivity index (χ0v) is 24.7. The normalized spacial score (nSPS) is 17.3. The molecule has 3 aromatic rings. The van der Waals surface area contributed by atoms with Crippen molar-refractivity contribution in [3.63, 3.8) is 0 Å². The molecule has 3 nitrogen and oxygen atoms in total. The molecule has 8 heteroatoms. The topological polar surface area (TPSA) is 30.5 Å². The van der Waals surface area contributed by atoms with Gasteiger partial charge in [-0.05, 0) is 59.1 Å². The van der Waals surface area contributed by atoms with Crippen LogP contribution in [0.2, 0.25) is 26.2 Å². The molecule has 1 atom stereocenters. The summed E-state index contributed by atoms with van der Waals surface area (Å²) in [6.45, 7) is 18.6. The number of hydrogen-bond acceptors (Lipinski definition) is 3. The van der Waals surface area contributed by atoms with Crippen LogP contribution < -0.4 is 44.9 Å². The molecule has 0 bridgehead atoms. The molecule has 1 N–H and O–H groups in total. The fourth-order valence-corrected chi connectivity index (χ4v) is 8.90. The van der Waals surface area contributed by atoms with E-state index in [1.54, 1.807) is 0 Å². The third-order valence-electron chi connectivity index (χ3n) is 5.26. The fourth-order valence-electron chi connectivity index (χ4n) is 4.35. The van der Waals surface area contributed by atoms with Gasteiger partial charge >= 0.3 is 21.7 Å². The number of halogens is 2. The molecule has 1 radical (unpaired) electrons. The second-order valence-corrected chi connectivity index (χ2v) is 17.8. The molecule has 0 saturated heterocycles. The van der Waals surface area contributed by atoms with Crippen LogP contribution >= 0.6 is 0 Å². The predicted molar refractivity (Wildman–Crippen MR) is 127 cm³/mol. The molecule has 1 aliphatic rings. The van der Waals surface area contributed by atoms with Crippen LogP contribution in [0, 0.1) is 0 Å². The van der Waals surface area contributed by atoms with Gasteiger partial charge in [-0.25, -0.2) is 0 Å². The third kappa shape index (κ3) is 5.08. The van der Waals surface area contributed by atoms with Crippen LogP contribution in [0.3, 0.4) is 0 Å². The van der Waals surface area contributed by atoms with E-state index < -0.39 is 16.6 Å². The molecule has 3 aromatic carbocycles. The standard InChI is InChI=1S/C23H32NO2Si2.2ClH.Ti/c1-9-25-28(8)21-17-14-15-12-10-11-13-16(15)18(17)20(26-27(5,6)7)19(22(21)28)24-23(2,3)4;;;/h10-14,24H,9H2,1-8H3;2*1H;/q-1;;;+3/p-2. The smallest absolute Gasteiger partial charge is 1.00 e. The van der Waals surface area contributed by atoms with Gasteiger partial charge in [-0.3, -0.25) is 0 Å². The van der Waals surface area contributed by atoms with Crippen LogP contribution in [0.15, 0.2) is 30.3 Å². The molecule has 0 spiro atoms. The monoisotopic (exact) mass is 528 g/mol. The van der Waals surface area contributed by atoms with Crippen molar-refractivity contribution in [2.75, 3.05) is 11.9 Å². The summed E-state index contributed by atoms with van der Waals surface area (Å²) in [7, 11) is -3.86. The Labute approximate surface area is 216 Å². The Morgan fingerprint density at radius 3 is 2.23 bits per heavy atom. The first-order valence-electron chi connectivity index (χ1n) is 10.3. The average Bonchev–Trinajstić information content (AvgIpc) is 2.97. The number of rotatable bonds is 5. The minimum Gasteiger partial charge on any atom is -1.00 e. The van der Waals surface area contributed by atoms with Gasteiger partial charge in [0.25, 0.3) is 0 Å². The van der Waals surface area contributed by atoms with Gasteiger partial charge in [0.2, 0.25) is 16.6 Å². The summed E-state index contributed by atoms with van der Waals surface area (Å²) >= 11 is 0. The Balaban J connectivity index is 0.00000160. The van der Waals surface area contributed by atoms with Crippen molar-refractivity contribution < 1.29 is 55.4 Å². The van der Waals surface area contributed by atoms with E-state index in [9.17, 15) is 0 Å². The molecule has 0 saturated carbocycles. The van der Waals surface area contributed by atoms with Crippen molar-refractivity contribution in [2.24, 2.45) is 0 Å². The van der Waals surface area contributed by atoms with Gasteiger partial charge in [0.1, 0.15) is 0 Å². The zero-order valence-electron chi connectivity index (χ0n) is 19.7. The summed E-state index contributed by atoms with van der Waals surface area (Å²) in [5, 5.41) is 11.8. The molecule has 0 amide bonds. The van der Waals surface area contributed by atoms with Crippen molar-refractivity contribution in [1.82, 2.24) is 0 Å². The molecular formula is C23H32Cl2NO2Si2Ti. The number of fused-ring (bicyclic) bond motifs is 5. The third-order valence-corrected chi connectivity index (χ3v) is 9.62. The Hall–Kier alpha value is -0.402. The van der Waals surface area contributed by atoms with Crippen LogP contribution in [0.1, 0.15) is 27.7 Å². The van der Waals surface area contributed by atoms with E-state index in [1.807, 2.05) is 0 Å². The van der Waals surface area contributed by atoms with Crippen molar-refractivity contribution in [3.05, 3.63) is 30.3 Å². The SMILES string of the molecule is CCO[Si]1(C)c2c(NC(C)(C)C)c(O[Si](C)(C)C)c3c([cH-]c4ccccc43)c21.[Cl-].[Cl-].[Ti+3]. The average molecular weight is 529 g/mol. The first-order valence-corrected chi connectivity index (χ1v) is 16.1. The van der Waals surface area contributed by atoms with Crippen molar-refractivity contribution in [1.29, 1.82) is 0 Å². The first kappa shape index (κ1) is 28.6. The Bertz CT molecular complexity index is 1090. The van der Waals surface area contributed by atoms with E-state index in [0.717, 1.165) is 12.4 Å². The number of hydrogen-bond donors (Lipinski definition) is 1. The maximum Gasteiger partial charge on any atom is 3.00 e. The second kappa shape index (κ2) is 9.46. The molecule has 0 aromatic heterocycles. The molecule has 1 heterocycles. The largest absolute Gasteiger partial charge is 3.00 e. The minimum absolute atomic E-state index is 0. The number of nitrogens with one attached hydrogen (secondary N) is 1. The molecule has 31 heavy (non-hydrogen) atoms. The van der Waals surface area contributed by atoms with Crippen LogP contribution in [0.4, 0.5) is 5.69 Å².